The fourth-order valence-corrected chi connectivity index (χ4v) is 2.06. The van der Waals surface area contributed by atoms with Crippen LogP contribution in [0.2, 0.25) is 0 Å². The molecule has 14 heavy (non-hydrogen) atoms. The Hall–Kier alpha value is -1.20. The van der Waals surface area contributed by atoms with Crippen LogP contribution in [0.15, 0.2) is 23.0 Å². The Bertz CT molecular complexity index is 354. The fourth-order valence-electron chi connectivity index (χ4n) is 1.38. The molecule has 0 aliphatic rings. The second-order valence-electron chi connectivity index (χ2n) is 3.07. The lowest BCUT2D eigenvalue weighted by Crippen LogP contribution is -2.19. The standard InChI is InChI=1S/C9H12N4S/c1-10-8(9-5-11-13-12-9)4-7-2-3-14-6-7/h2-3,5-6,8,10H,4H2,1H3,(H,11,12,13). The first kappa shape index (κ1) is 9.36. The number of nitrogens with zero attached hydrogens (tertiary/aromatic N) is 2. The molecule has 2 N–H and O–H groups in total. The first-order chi connectivity index (χ1) is 6.90. The number of likely N-dealkylation sites (N-methyl/N-ethyl adjacent to an activating group) is 1. The molecule has 0 aliphatic heterocycles. The molecule has 2 aromatic heterocycles. The summed E-state index contributed by atoms with van der Waals surface area (Å²) in [6.07, 6.45) is 2.71. The average molecular weight is 208 g/mol. The van der Waals surface area contributed by atoms with Gasteiger partial charge in [-0.1, -0.05) is 0 Å². The van der Waals surface area contributed by atoms with Gasteiger partial charge >= 0.3 is 0 Å². The van der Waals surface area contributed by atoms with E-state index in [1.807, 2.05) is 7.05 Å². The molecule has 0 spiro atoms. The molecule has 0 amide bonds. The molecule has 0 saturated carbocycles. The molecule has 5 heteroatoms. The van der Waals surface area contributed by atoms with E-state index >= 15 is 0 Å². The molecule has 2 rings (SSSR count). The first-order valence-corrected chi connectivity index (χ1v) is 5.38. The maximum atomic E-state index is 4.07. The fraction of sp³-hybridized carbons (Fsp3) is 0.333. The van der Waals surface area contributed by atoms with Gasteiger partial charge in [0.05, 0.1) is 17.9 Å². The van der Waals surface area contributed by atoms with E-state index in [-0.39, 0.29) is 6.04 Å². The molecule has 1 atom stereocenters. The van der Waals surface area contributed by atoms with E-state index in [0.717, 1.165) is 12.1 Å². The van der Waals surface area contributed by atoms with Crippen LogP contribution in [0.25, 0.3) is 0 Å². The highest BCUT2D eigenvalue weighted by molar-refractivity contribution is 7.07. The number of H-pyrrole nitrogens is 1. The number of thiophene rings is 1. The predicted octanol–water partition coefficient (Wildman–Crippen LogP) is 1.37. The summed E-state index contributed by atoms with van der Waals surface area (Å²) >= 11 is 1.72. The van der Waals surface area contributed by atoms with Crippen LogP contribution in [-0.2, 0) is 6.42 Å². The first-order valence-electron chi connectivity index (χ1n) is 4.44. The zero-order chi connectivity index (χ0) is 9.80. The van der Waals surface area contributed by atoms with Gasteiger partial charge < -0.3 is 5.32 Å². The van der Waals surface area contributed by atoms with Gasteiger partial charge in [-0.25, -0.2) is 0 Å². The summed E-state index contributed by atoms with van der Waals surface area (Å²) < 4.78 is 0. The minimum Gasteiger partial charge on any atom is -0.311 e. The van der Waals surface area contributed by atoms with Gasteiger partial charge in [0, 0.05) is 0 Å². The van der Waals surface area contributed by atoms with Crippen LogP contribution in [0.1, 0.15) is 17.3 Å². The van der Waals surface area contributed by atoms with Crippen LogP contribution in [0.3, 0.4) is 0 Å². The molecule has 0 saturated heterocycles. The maximum absolute atomic E-state index is 4.07. The minimum absolute atomic E-state index is 0.239. The van der Waals surface area contributed by atoms with Crippen LogP contribution < -0.4 is 5.32 Å². The molecule has 2 heterocycles. The van der Waals surface area contributed by atoms with Crippen molar-refractivity contribution in [3.63, 3.8) is 0 Å². The third kappa shape index (κ3) is 2.00. The number of nitrogens with one attached hydrogen (secondary N) is 2. The van der Waals surface area contributed by atoms with Crippen molar-refractivity contribution in [2.75, 3.05) is 7.05 Å². The molecule has 4 nitrogen and oxygen atoms in total. The summed E-state index contributed by atoms with van der Waals surface area (Å²) in [5.74, 6) is 0. The second kappa shape index (κ2) is 4.34. The molecule has 0 aliphatic carbocycles. The normalized spacial score (nSPS) is 12.9. The highest BCUT2D eigenvalue weighted by atomic mass is 32.1. The molecular weight excluding hydrogens is 196 g/mol. The summed E-state index contributed by atoms with van der Waals surface area (Å²) in [6, 6.07) is 2.37. The molecule has 74 valence electrons. The lowest BCUT2D eigenvalue weighted by molar-refractivity contribution is 0.575. The summed E-state index contributed by atoms with van der Waals surface area (Å²) in [4.78, 5) is 0. The Kier molecular flexibility index (Phi) is 2.90. The molecule has 0 aromatic carbocycles. The largest absolute Gasteiger partial charge is 0.311 e. The summed E-state index contributed by atoms with van der Waals surface area (Å²) in [6.45, 7) is 0. The van der Waals surface area contributed by atoms with Crippen LogP contribution >= 0.6 is 11.3 Å². The predicted molar refractivity (Wildman–Crippen MR) is 56.2 cm³/mol. The number of hydrogen-bond donors (Lipinski definition) is 2. The number of hydrogen-bond acceptors (Lipinski definition) is 4. The molecule has 1 unspecified atom stereocenters. The van der Waals surface area contributed by atoms with E-state index in [1.165, 1.54) is 5.56 Å². The van der Waals surface area contributed by atoms with Crippen LogP contribution in [-0.4, -0.2) is 22.5 Å². The van der Waals surface area contributed by atoms with Gasteiger partial charge in [-0.05, 0) is 35.9 Å². The van der Waals surface area contributed by atoms with Gasteiger partial charge in [-0.3, -0.25) is 0 Å². The van der Waals surface area contributed by atoms with Gasteiger partial charge in [0.2, 0.25) is 0 Å². The van der Waals surface area contributed by atoms with Crippen molar-refractivity contribution in [2.45, 2.75) is 12.5 Å². The Morgan fingerprint density at radius 3 is 3.14 bits per heavy atom. The van der Waals surface area contributed by atoms with E-state index in [1.54, 1.807) is 17.5 Å². The number of rotatable bonds is 4. The molecule has 0 radical (unpaired) electrons. The van der Waals surface area contributed by atoms with Gasteiger partial charge in [0.25, 0.3) is 0 Å². The van der Waals surface area contributed by atoms with E-state index in [2.05, 4.69) is 37.6 Å². The highest BCUT2D eigenvalue weighted by Crippen LogP contribution is 2.16. The van der Waals surface area contributed by atoms with Crippen molar-refractivity contribution < 1.29 is 0 Å². The Morgan fingerprint density at radius 1 is 1.64 bits per heavy atom. The Morgan fingerprint density at radius 2 is 2.57 bits per heavy atom. The maximum Gasteiger partial charge on any atom is 0.0997 e. The van der Waals surface area contributed by atoms with Crippen molar-refractivity contribution in [1.82, 2.24) is 20.7 Å². The smallest absolute Gasteiger partial charge is 0.0997 e. The lowest BCUT2D eigenvalue weighted by atomic mass is 10.1. The van der Waals surface area contributed by atoms with Gasteiger partial charge in [-0.2, -0.15) is 26.7 Å². The SMILES string of the molecule is CNC(Cc1ccsc1)c1cn[nH]n1. The highest BCUT2D eigenvalue weighted by Gasteiger charge is 2.12. The summed E-state index contributed by atoms with van der Waals surface area (Å²) in [5, 5.41) is 18.0. The summed E-state index contributed by atoms with van der Waals surface area (Å²) in [5.41, 5.74) is 2.29. The second-order valence-corrected chi connectivity index (χ2v) is 3.85. The lowest BCUT2D eigenvalue weighted by Gasteiger charge is -2.11. The van der Waals surface area contributed by atoms with Crippen molar-refractivity contribution in [3.8, 4) is 0 Å². The van der Waals surface area contributed by atoms with Gasteiger partial charge in [0.15, 0.2) is 0 Å². The monoisotopic (exact) mass is 208 g/mol. The molecular formula is C9H12N4S. The number of aromatic nitrogens is 3. The average Bonchev–Trinajstić information content (AvgIpc) is 2.86. The van der Waals surface area contributed by atoms with Gasteiger partial charge in [0.1, 0.15) is 0 Å². The zero-order valence-electron chi connectivity index (χ0n) is 7.90. The van der Waals surface area contributed by atoms with Gasteiger partial charge in [-0.15, -0.1) is 0 Å². The number of aromatic amines is 1. The third-order valence-corrected chi connectivity index (χ3v) is 2.89. The van der Waals surface area contributed by atoms with E-state index < -0.39 is 0 Å². The van der Waals surface area contributed by atoms with E-state index in [9.17, 15) is 0 Å². The van der Waals surface area contributed by atoms with Crippen LogP contribution in [0.4, 0.5) is 0 Å². The molecule has 0 fully saturated rings. The Labute approximate surface area is 86.4 Å². The van der Waals surface area contributed by atoms with Crippen LogP contribution in [0.5, 0.6) is 0 Å². The quantitative estimate of drug-likeness (QED) is 0.798. The molecule has 2 aromatic rings. The van der Waals surface area contributed by atoms with Crippen molar-refractivity contribution in [3.05, 3.63) is 34.3 Å². The minimum atomic E-state index is 0.239. The van der Waals surface area contributed by atoms with E-state index in [0.29, 0.717) is 0 Å². The van der Waals surface area contributed by atoms with Crippen molar-refractivity contribution in [2.24, 2.45) is 0 Å². The zero-order valence-corrected chi connectivity index (χ0v) is 8.71. The van der Waals surface area contributed by atoms with Crippen molar-refractivity contribution in [1.29, 1.82) is 0 Å². The third-order valence-electron chi connectivity index (χ3n) is 2.16. The van der Waals surface area contributed by atoms with Crippen molar-refractivity contribution >= 4 is 11.3 Å². The topological polar surface area (TPSA) is 53.6 Å². The van der Waals surface area contributed by atoms with E-state index in [4.69, 9.17) is 0 Å². The Balaban J connectivity index is 2.08. The van der Waals surface area contributed by atoms with Crippen LogP contribution in [0, 0.1) is 0 Å². The summed E-state index contributed by atoms with van der Waals surface area (Å²) in [7, 11) is 1.94. The molecule has 0 bridgehead atoms.